The summed E-state index contributed by atoms with van der Waals surface area (Å²) in [5.74, 6) is 1.59. The largest absolute Gasteiger partial charge is 0.483 e. The third-order valence-electron chi connectivity index (χ3n) is 2.23. The predicted octanol–water partition coefficient (Wildman–Crippen LogP) is 2.60. The molecule has 2 aromatic rings. The molecule has 0 atom stereocenters. The molecule has 96 valence electrons. The summed E-state index contributed by atoms with van der Waals surface area (Å²) in [5.41, 5.74) is 5.25. The Hall–Kier alpha value is -1.40. The van der Waals surface area contributed by atoms with Crippen LogP contribution in [-0.2, 0) is 12.1 Å². The molecule has 1 heterocycles. The average Bonchev–Trinajstić information content (AvgIpc) is 2.76. The van der Waals surface area contributed by atoms with Crippen LogP contribution in [0.25, 0.3) is 0 Å². The van der Waals surface area contributed by atoms with Crippen LogP contribution < -0.4 is 10.5 Å². The van der Waals surface area contributed by atoms with Gasteiger partial charge in [0.05, 0.1) is 10.0 Å². The molecule has 1 aromatic heterocycles. The molecule has 0 saturated carbocycles. The van der Waals surface area contributed by atoms with Crippen molar-refractivity contribution in [1.29, 1.82) is 0 Å². The highest BCUT2D eigenvalue weighted by Crippen LogP contribution is 2.24. The summed E-state index contributed by atoms with van der Waals surface area (Å²) in [6, 6.07) is 7.56. The molecule has 0 aliphatic rings. The van der Waals surface area contributed by atoms with E-state index in [-0.39, 0.29) is 6.61 Å². The third kappa shape index (κ3) is 3.08. The van der Waals surface area contributed by atoms with Crippen molar-refractivity contribution in [1.82, 2.24) is 10.1 Å². The quantitative estimate of drug-likeness (QED) is 0.939. The van der Waals surface area contributed by atoms with Crippen molar-refractivity contribution in [2.75, 3.05) is 0 Å². The first-order valence-electron chi connectivity index (χ1n) is 5.46. The molecule has 0 amide bonds. The molecule has 0 fully saturated rings. The zero-order valence-electron chi connectivity index (χ0n) is 10.2. The second-order valence-electron chi connectivity index (χ2n) is 4.45. The average molecular weight is 312 g/mol. The van der Waals surface area contributed by atoms with Crippen LogP contribution in [0.3, 0.4) is 0 Å². The summed E-state index contributed by atoms with van der Waals surface area (Å²) in [5, 5.41) is 3.82. The number of aromatic nitrogens is 2. The first-order valence-corrected chi connectivity index (χ1v) is 6.25. The van der Waals surface area contributed by atoms with Gasteiger partial charge >= 0.3 is 0 Å². The van der Waals surface area contributed by atoms with Crippen LogP contribution in [0.2, 0.25) is 0 Å². The van der Waals surface area contributed by atoms with E-state index >= 15 is 0 Å². The Bertz CT molecular complexity index is 534. The fraction of sp³-hybridized carbons (Fsp3) is 0.333. The molecule has 0 aliphatic heterocycles. The maximum Gasteiger partial charge on any atom is 0.264 e. The fourth-order valence-electron chi connectivity index (χ4n) is 1.28. The van der Waals surface area contributed by atoms with E-state index < -0.39 is 5.54 Å². The second-order valence-corrected chi connectivity index (χ2v) is 5.31. The van der Waals surface area contributed by atoms with Crippen molar-refractivity contribution in [3.05, 3.63) is 40.5 Å². The van der Waals surface area contributed by atoms with Gasteiger partial charge in [0.25, 0.3) is 5.89 Å². The number of hydrogen-bond donors (Lipinski definition) is 1. The normalized spacial score (nSPS) is 11.6. The number of nitrogens with zero attached hydrogens (tertiary/aromatic N) is 2. The summed E-state index contributed by atoms with van der Waals surface area (Å²) in [7, 11) is 0. The Morgan fingerprint density at radius 2 is 2.11 bits per heavy atom. The van der Waals surface area contributed by atoms with Crippen LogP contribution in [0.15, 0.2) is 33.3 Å². The molecule has 2 N–H and O–H groups in total. The molecule has 18 heavy (non-hydrogen) atoms. The number of ether oxygens (including phenoxy) is 1. The van der Waals surface area contributed by atoms with Crippen LogP contribution in [-0.4, -0.2) is 10.1 Å². The molecule has 0 aliphatic carbocycles. The number of rotatable bonds is 4. The van der Waals surface area contributed by atoms with Gasteiger partial charge in [0, 0.05) is 0 Å². The lowest BCUT2D eigenvalue weighted by Gasteiger charge is -2.11. The smallest absolute Gasteiger partial charge is 0.264 e. The minimum atomic E-state index is -0.616. The topological polar surface area (TPSA) is 74.2 Å². The summed E-state index contributed by atoms with van der Waals surface area (Å²) in [6.07, 6.45) is 0. The number of benzene rings is 1. The molecular formula is C12H14BrN3O2. The molecule has 0 unspecified atom stereocenters. The van der Waals surface area contributed by atoms with Gasteiger partial charge in [-0.3, -0.25) is 0 Å². The second kappa shape index (κ2) is 5.07. The number of para-hydroxylation sites is 1. The molecule has 5 nitrogen and oxygen atoms in total. The number of hydrogen-bond acceptors (Lipinski definition) is 5. The van der Waals surface area contributed by atoms with Gasteiger partial charge in [-0.2, -0.15) is 4.98 Å². The van der Waals surface area contributed by atoms with E-state index in [9.17, 15) is 0 Å². The summed E-state index contributed by atoms with van der Waals surface area (Å²) < 4.78 is 11.5. The number of nitrogens with two attached hydrogens (primary N) is 1. The van der Waals surface area contributed by atoms with Crippen LogP contribution in [0.4, 0.5) is 0 Å². The Kier molecular flexibility index (Phi) is 3.68. The highest BCUT2D eigenvalue weighted by Gasteiger charge is 2.21. The van der Waals surface area contributed by atoms with Crippen LogP contribution in [0.1, 0.15) is 25.6 Å². The molecule has 2 rings (SSSR count). The van der Waals surface area contributed by atoms with Gasteiger partial charge in [0.1, 0.15) is 5.75 Å². The van der Waals surface area contributed by atoms with Gasteiger partial charge in [-0.15, -0.1) is 0 Å². The Labute approximate surface area is 113 Å². The van der Waals surface area contributed by atoms with E-state index in [1.54, 1.807) is 0 Å². The van der Waals surface area contributed by atoms with Gasteiger partial charge in [0.2, 0.25) is 0 Å². The summed E-state index contributed by atoms with van der Waals surface area (Å²) >= 11 is 3.40. The van der Waals surface area contributed by atoms with Crippen molar-refractivity contribution < 1.29 is 9.26 Å². The van der Waals surface area contributed by atoms with E-state index in [1.807, 2.05) is 38.1 Å². The zero-order chi connectivity index (χ0) is 13.2. The van der Waals surface area contributed by atoms with Gasteiger partial charge in [-0.1, -0.05) is 17.3 Å². The highest BCUT2D eigenvalue weighted by molar-refractivity contribution is 9.10. The third-order valence-corrected chi connectivity index (χ3v) is 2.89. The molecule has 0 radical (unpaired) electrons. The van der Waals surface area contributed by atoms with Gasteiger partial charge in [0.15, 0.2) is 12.4 Å². The van der Waals surface area contributed by atoms with Gasteiger partial charge in [-0.25, -0.2) is 0 Å². The first-order chi connectivity index (χ1) is 8.47. The lowest BCUT2D eigenvalue weighted by Crippen LogP contribution is -2.30. The lowest BCUT2D eigenvalue weighted by molar-refractivity contribution is 0.240. The predicted molar refractivity (Wildman–Crippen MR) is 70.0 cm³/mol. The zero-order valence-corrected chi connectivity index (χ0v) is 11.8. The first kappa shape index (κ1) is 13.0. The fourth-order valence-corrected chi connectivity index (χ4v) is 1.68. The van der Waals surface area contributed by atoms with E-state index in [0.717, 1.165) is 10.2 Å². The van der Waals surface area contributed by atoms with Crippen molar-refractivity contribution in [2.24, 2.45) is 5.73 Å². The Morgan fingerprint density at radius 3 is 2.72 bits per heavy atom. The maximum atomic E-state index is 5.87. The molecule has 1 aromatic carbocycles. The van der Waals surface area contributed by atoms with Crippen molar-refractivity contribution in [3.63, 3.8) is 0 Å². The molecular weight excluding hydrogens is 298 g/mol. The molecule has 0 saturated heterocycles. The van der Waals surface area contributed by atoms with E-state index in [4.69, 9.17) is 15.0 Å². The van der Waals surface area contributed by atoms with E-state index in [2.05, 4.69) is 26.1 Å². The van der Waals surface area contributed by atoms with E-state index in [1.165, 1.54) is 0 Å². The highest BCUT2D eigenvalue weighted by atomic mass is 79.9. The molecule has 0 spiro atoms. The summed E-state index contributed by atoms with van der Waals surface area (Å²) in [6.45, 7) is 3.85. The molecule has 6 heteroatoms. The monoisotopic (exact) mass is 311 g/mol. The van der Waals surface area contributed by atoms with Crippen LogP contribution >= 0.6 is 15.9 Å². The van der Waals surface area contributed by atoms with E-state index in [0.29, 0.717) is 11.7 Å². The minimum absolute atomic E-state index is 0.214. The van der Waals surface area contributed by atoms with Crippen LogP contribution in [0, 0.1) is 0 Å². The van der Waals surface area contributed by atoms with Crippen LogP contribution in [0.5, 0.6) is 5.75 Å². The lowest BCUT2D eigenvalue weighted by atomic mass is 10.1. The van der Waals surface area contributed by atoms with Gasteiger partial charge < -0.3 is 15.0 Å². The van der Waals surface area contributed by atoms with Crippen molar-refractivity contribution in [2.45, 2.75) is 26.0 Å². The standard InChI is InChI=1S/C12H14BrN3O2/c1-12(2,14)11-15-10(18-16-11)7-17-9-6-4-3-5-8(9)13/h3-6H,7,14H2,1-2H3. The maximum absolute atomic E-state index is 5.87. The van der Waals surface area contributed by atoms with Crippen molar-refractivity contribution >= 4 is 15.9 Å². The Morgan fingerprint density at radius 1 is 1.39 bits per heavy atom. The Balaban J connectivity index is 2.03. The minimum Gasteiger partial charge on any atom is -0.483 e. The number of halogens is 1. The van der Waals surface area contributed by atoms with Gasteiger partial charge in [-0.05, 0) is 41.9 Å². The SMILES string of the molecule is CC(C)(N)c1noc(COc2ccccc2Br)n1. The summed E-state index contributed by atoms with van der Waals surface area (Å²) in [4.78, 5) is 4.18. The van der Waals surface area contributed by atoms with Crippen molar-refractivity contribution in [3.8, 4) is 5.75 Å². The molecule has 0 bridgehead atoms.